The fourth-order valence-electron chi connectivity index (χ4n) is 11.2. The van der Waals surface area contributed by atoms with E-state index >= 15 is 0 Å². The number of hydrogen-bond donors (Lipinski definition) is 1. The highest BCUT2D eigenvalue weighted by Crippen LogP contribution is 2.75. The topological polar surface area (TPSA) is 50.2 Å². The van der Waals surface area contributed by atoms with Crippen molar-refractivity contribution in [3.63, 3.8) is 0 Å². The van der Waals surface area contributed by atoms with Gasteiger partial charge in [-0.15, -0.1) is 0 Å². The van der Waals surface area contributed by atoms with Crippen LogP contribution in [0.25, 0.3) is 0 Å². The van der Waals surface area contributed by atoms with Crippen LogP contribution in [0.15, 0.2) is 30.0 Å². The Morgan fingerprint density at radius 2 is 1.69 bits per heavy atom. The summed E-state index contributed by atoms with van der Waals surface area (Å²) >= 11 is 0. The smallest absolute Gasteiger partial charge is 0.310 e. The van der Waals surface area contributed by atoms with Crippen molar-refractivity contribution in [3.8, 4) is 0 Å². The van der Waals surface area contributed by atoms with E-state index < -0.39 is 11.4 Å². The van der Waals surface area contributed by atoms with E-state index in [0.717, 1.165) is 44.9 Å². The number of rotatable bonds is 1. The first-order valence-corrected chi connectivity index (χ1v) is 14.6. The van der Waals surface area contributed by atoms with E-state index in [0.29, 0.717) is 11.8 Å². The van der Waals surface area contributed by atoms with Crippen molar-refractivity contribution in [2.24, 2.45) is 44.8 Å². The largest absolute Gasteiger partial charge is 0.481 e. The lowest BCUT2D eigenvalue weighted by Gasteiger charge is -2.70. The van der Waals surface area contributed by atoms with E-state index in [1.165, 1.54) is 29.7 Å². The number of fused-ring (bicyclic) bond motifs is 8. The number of nitrogens with zero attached hydrogens (tertiary/aromatic N) is 1. The molecule has 36 heavy (non-hydrogen) atoms. The second-order valence-electron chi connectivity index (χ2n) is 15.6. The molecule has 0 spiro atoms. The quantitative estimate of drug-likeness (QED) is 0.407. The Morgan fingerprint density at radius 3 is 2.42 bits per heavy atom. The molecule has 6 rings (SSSR count). The van der Waals surface area contributed by atoms with Gasteiger partial charge in [0.25, 0.3) is 0 Å². The lowest BCUT2D eigenvalue weighted by atomic mass is 9.33. The molecule has 1 heterocycles. The third-order valence-electron chi connectivity index (χ3n) is 13.3. The number of hydrogen-bond acceptors (Lipinski definition) is 2. The number of aliphatic carboxylic acids is 1. The molecule has 196 valence electrons. The minimum atomic E-state index is -0.553. The fraction of sp³-hybridized carbons (Fsp3) is 0.758. The van der Waals surface area contributed by atoms with Gasteiger partial charge in [-0.2, -0.15) is 0 Å². The average molecular weight is 490 g/mol. The number of carboxylic acid groups (broad SMARTS) is 1. The molecule has 3 nitrogen and oxygen atoms in total. The van der Waals surface area contributed by atoms with Crippen LogP contribution in [0, 0.1) is 44.8 Å². The Balaban J connectivity index is 1.47. The zero-order valence-corrected chi connectivity index (χ0v) is 23.7. The molecule has 1 aromatic rings. The average Bonchev–Trinajstić information content (AvgIpc) is 2.78. The molecule has 5 aliphatic carbocycles. The SMILES string of the molecule is CC1(C)CC[C@]2(C(=O)O)CC[C@]3(C)C(=CC[C@@H]4[C@@]5(C)Cc6cccnc6C(C)(C)[C@@H]5CC[C@]43C)[C@@H]2C1. The van der Waals surface area contributed by atoms with Gasteiger partial charge in [0.05, 0.1) is 5.41 Å². The first-order chi connectivity index (χ1) is 16.7. The molecule has 0 aliphatic heterocycles. The van der Waals surface area contributed by atoms with Gasteiger partial charge in [-0.1, -0.05) is 66.2 Å². The van der Waals surface area contributed by atoms with E-state index in [-0.39, 0.29) is 33.0 Å². The number of carboxylic acids is 1. The van der Waals surface area contributed by atoms with Crippen molar-refractivity contribution in [1.82, 2.24) is 4.98 Å². The highest BCUT2D eigenvalue weighted by atomic mass is 16.4. The maximum atomic E-state index is 12.9. The van der Waals surface area contributed by atoms with Crippen LogP contribution < -0.4 is 0 Å². The first kappa shape index (κ1) is 24.7. The minimum absolute atomic E-state index is 0.0776. The molecular weight excluding hydrogens is 442 g/mol. The van der Waals surface area contributed by atoms with Crippen molar-refractivity contribution in [2.45, 2.75) is 112 Å². The molecule has 0 amide bonds. The van der Waals surface area contributed by atoms with Gasteiger partial charge in [-0.05, 0) is 109 Å². The Kier molecular flexibility index (Phi) is 4.98. The van der Waals surface area contributed by atoms with Crippen LogP contribution in [0.4, 0.5) is 0 Å². The Hall–Kier alpha value is -1.64. The molecule has 0 saturated heterocycles. The Labute approximate surface area is 218 Å². The highest BCUT2D eigenvalue weighted by molar-refractivity contribution is 5.76. The van der Waals surface area contributed by atoms with Crippen molar-refractivity contribution in [3.05, 3.63) is 41.2 Å². The third kappa shape index (κ3) is 2.87. The van der Waals surface area contributed by atoms with Crippen molar-refractivity contribution in [1.29, 1.82) is 0 Å². The summed E-state index contributed by atoms with van der Waals surface area (Å²) in [7, 11) is 0. The molecule has 1 aromatic heterocycles. The van der Waals surface area contributed by atoms with Crippen molar-refractivity contribution >= 4 is 5.97 Å². The summed E-state index contributed by atoms with van der Waals surface area (Å²) in [5.41, 5.74) is 4.55. The summed E-state index contributed by atoms with van der Waals surface area (Å²) in [5, 5.41) is 10.6. The molecule has 0 bridgehead atoms. The Morgan fingerprint density at radius 1 is 0.972 bits per heavy atom. The van der Waals surface area contributed by atoms with Crippen molar-refractivity contribution < 1.29 is 9.90 Å². The van der Waals surface area contributed by atoms with Gasteiger partial charge in [0.2, 0.25) is 0 Å². The molecule has 3 fully saturated rings. The monoisotopic (exact) mass is 489 g/mol. The second-order valence-corrected chi connectivity index (χ2v) is 15.6. The van der Waals surface area contributed by atoms with Gasteiger partial charge in [-0.3, -0.25) is 9.78 Å². The van der Waals surface area contributed by atoms with Gasteiger partial charge >= 0.3 is 5.97 Å². The van der Waals surface area contributed by atoms with E-state index in [2.05, 4.69) is 66.7 Å². The molecule has 5 aliphatic rings. The van der Waals surface area contributed by atoms with Gasteiger partial charge < -0.3 is 5.11 Å². The van der Waals surface area contributed by atoms with Crippen LogP contribution in [0.2, 0.25) is 0 Å². The van der Waals surface area contributed by atoms with Crippen molar-refractivity contribution in [2.75, 3.05) is 0 Å². The zero-order chi connectivity index (χ0) is 25.9. The van der Waals surface area contributed by atoms with E-state index in [9.17, 15) is 9.90 Å². The highest BCUT2D eigenvalue weighted by Gasteiger charge is 2.69. The number of allylic oxidation sites excluding steroid dienone is 2. The molecule has 0 unspecified atom stereocenters. The van der Waals surface area contributed by atoms with E-state index in [1.807, 2.05) is 6.20 Å². The van der Waals surface area contributed by atoms with Crippen LogP contribution in [-0.4, -0.2) is 16.1 Å². The van der Waals surface area contributed by atoms with Gasteiger partial charge in [0.1, 0.15) is 0 Å². The summed E-state index contributed by atoms with van der Waals surface area (Å²) in [4.78, 5) is 17.8. The van der Waals surface area contributed by atoms with Crippen LogP contribution in [0.3, 0.4) is 0 Å². The van der Waals surface area contributed by atoms with Crippen LogP contribution in [0.1, 0.15) is 111 Å². The van der Waals surface area contributed by atoms with E-state index in [1.54, 1.807) is 0 Å². The standard InChI is InChI=1S/C33H47NO2/c1-28(2)14-16-33(27(35)36)17-15-31(6)22(23(33)20-28)10-11-25-30(5)19-21-9-8-18-34-26(21)29(3,4)24(30)12-13-32(25,31)7/h8-10,18,23-25H,11-17,19-20H2,1-7H3,(H,35,36)/t23-,24-,25+,30-,31+,32+,33-/m0/s1. The lowest BCUT2D eigenvalue weighted by Crippen LogP contribution is -2.64. The van der Waals surface area contributed by atoms with Gasteiger partial charge in [0, 0.05) is 17.3 Å². The fourth-order valence-corrected chi connectivity index (χ4v) is 11.2. The van der Waals surface area contributed by atoms with Gasteiger partial charge in [-0.25, -0.2) is 0 Å². The zero-order valence-electron chi connectivity index (χ0n) is 23.7. The summed E-state index contributed by atoms with van der Waals surface area (Å²) < 4.78 is 0. The lowest BCUT2D eigenvalue weighted by molar-refractivity contribution is -0.177. The maximum Gasteiger partial charge on any atom is 0.310 e. The van der Waals surface area contributed by atoms with E-state index in [4.69, 9.17) is 4.98 Å². The third-order valence-corrected chi connectivity index (χ3v) is 13.3. The Bertz CT molecular complexity index is 1150. The molecule has 3 saturated carbocycles. The summed E-state index contributed by atoms with van der Waals surface area (Å²) in [6.07, 6.45) is 14.1. The molecule has 1 N–H and O–H groups in total. The normalized spacial score (nSPS) is 46.2. The summed E-state index contributed by atoms with van der Waals surface area (Å²) in [6.45, 7) is 17.4. The predicted octanol–water partition coefficient (Wildman–Crippen LogP) is 7.98. The minimum Gasteiger partial charge on any atom is -0.481 e. The predicted molar refractivity (Wildman–Crippen MR) is 145 cm³/mol. The van der Waals surface area contributed by atoms with Crippen LogP contribution >= 0.6 is 0 Å². The van der Waals surface area contributed by atoms with Crippen LogP contribution in [0.5, 0.6) is 0 Å². The number of aromatic nitrogens is 1. The van der Waals surface area contributed by atoms with Gasteiger partial charge in [0.15, 0.2) is 0 Å². The molecular formula is C33H47NO2. The molecule has 0 radical (unpaired) electrons. The maximum absolute atomic E-state index is 12.9. The summed E-state index contributed by atoms with van der Waals surface area (Å²) in [6, 6.07) is 4.45. The van der Waals surface area contributed by atoms with Crippen LogP contribution in [-0.2, 0) is 16.6 Å². The summed E-state index contributed by atoms with van der Waals surface area (Å²) in [5.74, 6) is 0.888. The second kappa shape index (κ2) is 7.26. The molecule has 3 heteroatoms. The molecule has 0 aromatic carbocycles. The number of pyridine rings is 1. The molecule has 7 atom stereocenters. The number of carbonyl (C=O) groups is 1. The first-order valence-electron chi connectivity index (χ1n) is 14.6.